The number of nitrogens with one attached hydrogen (secondary N) is 1. The maximum Gasteiger partial charge on any atom is 0.234 e. The normalized spacial score (nSPS) is 16.8. The van der Waals surface area contributed by atoms with Gasteiger partial charge in [0.25, 0.3) is 0 Å². The van der Waals surface area contributed by atoms with Crippen molar-refractivity contribution >= 4 is 29.3 Å². The van der Waals surface area contributed by atoms with Gasteiger partial charge in [-0.25, -0.2) is 4.98 Å². The van der Waals surface area contributed by atoms with Crippen molar-refractivity contribution in [3.63, 3.8) is 0 Å². The third-order valence-electron chi connectivity index (χ3n) is 4.54. The first-order valence-electron chi connectivity index (χ1n) is 8.57. The topological polar surface area (TPSA) is 78.9 Å². The molecule has 1 aliphatic carbocycles. The third-order valence-corrected chi connectivity index (χ3v) is 5.92. The van der Waals surface area contributed by atoms with E-state index in [0.29, 0.717) is 22.4 Å². The number of benzene rings is 1. The molecule has 1 heterocycles. The van der Waals surface area contributed by atoms with Crippen molar-refractivity contribution in [2.45, 2.75) is 49.1 Å². The number of rotatable bonds is 6. The molecule has 2 aromatic rings. The summed E-state index contributed by atoms with van der Waals surface area (Å²) in [5.41, 5.74) is 0.220. The third kappa shape index (κ3) is 4.40. The largest absolute Gasteiger partial charge is 0.440 e. The number of oxazole rings is 1. The molecule has 1 atom stereocenters. The molecule has 136 valence electrons. The highest BCUT2D eigenvalue weighted by Crippen LogP contribution is 2.30. The highest BCUT2D eigenvalue weighted by molar-refractivity contribution is 7.99. The summed E-state index contributed by atoms with van der Waals surface area (Å²) in [4.78, 5) is 16.7. The summed E-state index contributed by atoms with van der Waals surface area (Å²) in [6.07, 6.45) is 5.11. The van der Waals surface area contributed by atoms with Crippen molar-refractivity contribution in [2.75, 3.05) is 0 Å². The van der Waals surface area contributed by atoms with Gasteiger partial charge in [-0.15, -0.1) is 11.8 Å². The monoisotopic (exact) mass is 389 g/mol. The average molecular weight is 390 g/mol. The van der Waals surface area contributed by atoms with Crippen LogP contribution >= 0.6 is 23.4 Å². The van der Waals surface area contributed by atoms with Crippen molar-refractivity contribution in [2.24, 2.45) is 0 Å². The first-order chi connectivity index (χ1) is 12.5. The maximum atomic E-state index is 12.4. The van der Waals surface area contributed by atoms with Crippen LogP contribution in [0.25, 0.3) is 11.3 Å². The Morgan fingerprint density at radius 2 is 2.12 bits per heavy atom. The number of hydrogen-bond donors (Lipinski definition) is 1. The molecule has 1 aromatic carbocycles. The van der Waals surface area contributed by atoms with Crippen molar-refractivity contribution in [3.8, 4) is 17.4 Å². The molecule has 0 spiro atoms. The number of nitrogens with zero attached hydrogens (tertiary/aromatic N) is 2. The Labute approximate surface area is 162 Å². The van der Waals surface area contributed by atoms with Gasteiger partial charge in [-0.2, -0.15) is 5.26 Å². The molecule has 1 saturated carbocycles. The van der Waals surface area contributed by atoms with Crippen LogP contribution in [0.5, 0.6) is 0 Å². The quantitative estimate of drug-likeness (QED) is 0.782. The Morgan fingerprint density at radius 1 is 1.42 bits per heavy atom. The lowest BCUT2D eigenvalue weighted by molar-refractivity contribution is -0.121. The van der Waals surface area contributed by atoms with Crippen LogP contribution in [0.4, 0.5) is 0 Å². The smallest absolute Gasteiger partial charge is 0.234 e. The molecule has 0 unspecified atom stereocenters. The minimum atomic E-state index is -0.684. The van der Waals surface area contributed by atoms with Crippen LogP contribution in [0, 0.1) is 11.3 Å². The number of carbonyl (C=O) groups excluding carboxylic acids is 1. The fourth-order valence-corrected chi connectivity index (χ4v) is 3.84. The number of hydrogen-bond acceptors (Lipinski definition) is 5. The van der Waals surface area contributed by atoms with Crippen molar-refractivity contribution in [1.29, 1.82) is 5.26 Å². The van der Waals surface area contributed by atoms with Crippen molar-refractivity contribution in [1.82, 2.24) is 10.3 Å². The van der Waals surface area contributed by atoms with Gasteiger partial charge in [0.1, 0.15) is 5.54 Å². The molecule has 1 N–H and O–H groups in total. The van der Waals surface area contributed by atoms with Gasteiger partial charge in [0.15, 0.2) is 5.76 Å². The van der Waals surface area contributed by atoms with E-state index in [1.807, 2.05) is 19.1 Å². The van der Waals surface area contributed by atoms with Crippen LogP contribution in [0.3, 0.4) is 0 Å². The van der Waals surface area contributed by atoms with E-state index >= 15 is 0 Å². The van der Waals surface area contributed by atoms with E-state index in [-0.39, 0.29) is 11.2 Å². The van der Waals surface area contributed by atoms with Gasteiger partial charge in [0.05, 0.1) is 23.3 Å². The van der Waals surface area contributed by atoms with Crippen molar-refractivity contribution in [3.05, 3.63) is 41.4 Å². The number of carbonyl (C=O) groups is 1. The van der Waals surface area contributed by atoms with Crippen LogP contribution in [0.1, 0.15) is 38.5 Å². The molecule has 5 nitrogen and oxygen atoms in total. The molecule has 26 heavy (non-hydrogen) atoms. The Balaban J connectivity index is 1.54. The van der Waals surface area contributed by atoms with E-state index in [2.05, 4.69) is 16.4 Å². The summed E-state index contributed by atoms with van der Waals surface area (Å²) < 4.78 is 5.76. The van der Waals surface area contributed by atoms with Gasteiger partial charge in [0, 0.05) is 10.6 Å². The lowest BCUT2D eigenvalue weighted by atomic mass is 10.00. The Bertz CT molecular complexity index is 807. The minimum Gasteiger partial charge on any atom is -0.440 e. The van der Waals surface area contributed by atoms with Gasteiger partial charge in [-0.3, -0.25) is 4.79 Å². The zero-order valence-electron chi connectivity index (χ0n) is 14.5. The zero-order valence-corrected chi connectivity index (χ0v) is 16.1. The number of halogens is 1. The molecule has 3 rings (SSSR count). The molecule has 7 heteroatoms. The standard InChI is InChI=1S/C19H20ClN3O2S/c1-13(18(24)23-19(12-21)8-2-3-9-19)26-11-17-22-10-16(25-17)14-4-6-15(20)7-5-14/h4-7,10,13H,2-3,8-9,11H2,1H3,(H,23,24)/t13-/m1/s1. The van der Waals surface area contributed by atoms with Crippen LogP contribution < -0.4 is 5.32 Å². The van der Waals surface area contributed by atoms with E-state index in [4.69, 9.17) is 16.0 Å². The van der Waals surface area contributed by atoms with Crippen molar-refractivity contribution < 1.29 is 9.21 Å². The summed E-state index contributed by atoms with van der Waals surface area (Å²) in [6.45, 7) is 1.84. The van der Waals surface area contributed by atoms with Crippen LogP contribution in [-0.2, 0) is 10.5 Å². The summed E-state index contributed by atoms with van der Waals surface area (Å²) in [6, 6.07) is 9.63. The van der Waals surface area contributed by atoms with E-state index < -0.39 is 5.54 Å². The van der Waals surface area contributed by atoms with Gasteiger partial charge in [0.2, 0.25) is 11.8 Å². The molecule has 0 bridgehead atoms. The van der Waals surface area contributed by atoms with Gasteiger partial charge >= 0.3 is 0 Å². The van der Waals surface area contributed by atoms with E-state index in [0.717, 1.165) is 31.2 Å². The molecule has 0 radical (unpaired) electrons. The number of amides is 1. The number of thioether (sulfide) groups is 1. The number of nitriles is 1. The molecular weight excluding hydrogens is 370 g/mol. The van der Waals surface area contributed by atoms with E-state index in [1.54, 1.807) is 18.3 Å². The highest BCUT2D eigenvalue weighted by Gasteiger charge is 2.36. The molecule has 1 aliphatic rings. The Hall–Kier alpha value is -1.97. The summed E-state index contributed by atoms with van der Waals surface area (Å²) in [5, 5.41) is 12.7. The summed E-state index contributed by atoms with van der Waals surface area (Å²) in [5.74, 6) is 1.61. The highest BCUT2D eigenvalue weighted by atomic mass is 35.5. The first-order valence-corrected chi connectivity index (χ1v) is 9.99. The molecular formula is C19H20ClN3O2S. The second-order valence-electron chi connectivity index (χ2n) is 6.47. The SMILES string of the molecule is C[C@@H](SCc1ncc(-c2ccc(Cl)cc2)o1)C(=O)NC1(C#N)CCCC1. The Morgan fingerprint density at radius 3 is 2.77 bits per heavy atom. The van der Waals surface area contributed by atoms with E-state index in [1.165, 1.54) is 11.8 Å². The van der Waals surface area contributed by atoms with Crippen LogP contribution in [0.15, 0.2) is 34.9 Å². The molecule has 0 saturated heterocycles. The van der Waals surface area contributed by atoms with Crippen LogP contribution in [0.2, 0.25) is 5.02 Å². The summed E-state index contributed by atoms with van der Waals surface area (Å²) >= 11 is 7.33. The number of aromatic nitrogens is 1. The molecule has 1 fully saturated rings. The van der Waals surface area contributed by atoms with Crippen LogP contribution in [-0.4, -0.2) is 21.7 Å². The van der Waals surface area contributed by atoms with Gasteiger partial charge in [-0.1, -0.05) is 11.6 Å². The maximum absolute atomic E-state index is 12.4. The zero-order chi connectivity index (χ0) is 18.6. The van der Waals surface area contributed by atoms with Gasteiger partial charge in [-0.05, 0) is 56.9 Å². The van der Waals surface area contributed by atoms with E-state index in [9.17, 15) is 10.1 Å². The average Bonchev–Trinajstić information content (AvgIpc) is 3.30. The van der Waals surface area contributed by atoms with Gasteiger partial charge < -0.3 is 9.73 Å². The fourth-order valence-electron chi connectivity index (χ4n) is 2.98. The predicted octanol–water partition coefficient (Wildman–Crippen LogP) is 4.57. The molecule has 1 aromatic heterocycles. The lowest BCUT2D eigenvalue weighted by Gasteiger charge is -2.23. The molecule has 1 amide bonds. The fraction of sp³-hybridized carbons (Fsp3) is 0.421. The summed E-state index contributed by atoms with van der Waals surface area (Å²) in [7, 11) is 0. The second kappa shape index (κ2) is 8.15. The first kappa shape index (κ1) is 18.8. The minimum absolute atomic E-state index is 0.108. The second-order valence-corrected chi connectivity index (χ2v) is 8.23. The molecule has 0 aliphatic heterocycles. The lowest BCUT2D eigenvalue weighted by Crippen LogP contribution is -2.48. The predicted molar refractivity (Wildman–Crippen MR) is 103 cm³/mol. The Kier molecular flexibility index (Phi) is 5.90.